The van der Waals surface area contributed by atoms with Gasteiger partial charge in [0.15, 0.2) is 5.82 Å². The summed E-state index contributed by atoms with van der Waals surface area (Å²) in [6, 6.07) is 16.8. The molecule has 0 aliphatic carbocycles. The lowest BCUT2D eigenvalue weighted by Crippen LogP contribution is -2.46. The van der Waals surface area contributed by atoms with Crippen molar-refractivity contribution in [1.82, 2.24) is 30.0 Å². The number of piperazine rings is 1. The maximum atomic E-state index is 5.26. The van der Waals surface area contributed by atoms with Gasteiger partial charge in [-0.2, -0.15) is 0 Å². The van der Waals surface area contributed by atoms with Gasteiger partial charge in [-0.15, -0.1) is 5.10 Å². The third-order valence-electron chi connectivity index (χ3n) is 5.59. The van der Waals surface area contributed by atoms with Crippen LogP contribution in [0.15, 0.2) is 48.5 Å². The monoisotopic (exact) mass is 392 g/mol. The van der Waals surface area contributed by atoms with Crippen LogP contribution in [0.4, 0.5) is 0 Å². The van der Waals surface area contributed by atoms with E-state index in [-0.39, 0.29) is 6.04 Å². The van der Waals surface area contributed by atoms with E-state index in [4.69, 9.17) is 4.74 Å². The van der Waals surface area contributed by atoms with E-state index in [2.05, 4.69) is 75.7 Å². The van der Waals surface area contributed by atoms with Crippen molar-refractivity contribution in [3.8, 4) is 5.75 Å². The van der Waals surface area contributed by atoms with Crippen LogP contribution in [0, 0.1) is 6.92 Å². The minimum absolute atomic E-state index is 0.0394. The predicted octanol–water partition coefficient (Wildman–Crippen LogP) is 2.38. The minimum Gasteiger partial charge on any atom is -0.497 e. The van der Waals surface area contributed by atoms with Crippen molar-refractivity contribution in [1.29, 1.82) is 0 Å². The highest BCUT2D eigenvalue weighted by Gasteiger charge is 2.29. The molecule has 7 nitrogen and oxygen atoms in total. The first-order chi connectivity index (χ1) is 14.1. The molecule has 1 aliphatic heterocycles. The van der Waals surface area contributed by atoms with E-state index < -0.39 is 0 Å². The molecule has 1 aromatic heterocycles. The molecule has 3 aromatic rings. The number of tetrazole rings is 1. The van der Waals surface area contributed by atoms with E-state index in [1.807, 2.05) is 16.8 Å². The second-order valence-electron chi connectivity index (χ2n) is 7.70. The van der Waals surface area contributed by atoms with Crippen LogP contribution in [0.2, 0.25) is 0 Å². The first kappa shape index (κ1) is 19.5. The number of methoxy groups -OCH3 is 1. The summed E-state index contributed by atoms with van der Waals surface area (Å²) in [6.07, 6.45) is 0. The van der Waals surface area contributed by atoms with Crippen LogP contribution in [0.25, 0.3) is 0 Å². The number of nitrogens with zero attached hydrogens (tertiary/aromatic N) is 6. The Labute approximate surface area is 171 Å². The van der Waals surface area contributed by atoms with E-state index in [0.717, 1.165) is 43.3 Å². The second kappa shape index (κ2) is 8.71. The van der Waals surface area contributed by atoms with E-state index in [9.17, 15) is 0 Å². The van der Waals surface area contributed by atoms with E-state index in [1.54, 1.807) is 7.11 Å². The number of ether oxygens (including phenoxy) is 1. The van der Waals surface area contributed by atoms with Crippen LogP contribution in [0.1, 0.15) is 28.6 Å². The molecule has 0 N–H and O–H groups in total. The van der Waals surface area contributed by atoms with Crippen LogP contribution >= 0.6 is 0 Å². The average Bonchev–Trinajstić information content (AvgIpc) is 3.19. The fraction of sp³-hybridized carbons (Fsp3) is 0.409. The zero-order chi connectivity index (χ0) is 20.2. The number of aromatic nitrogens is 4. The van der Waals surface area contributed by atoms with Gasteiger partial charge in [-0.1, -0.05) is 42.0 Å². The molecule has 1 saturated heterocycles. The van der Waals surface area contributed by atoms with Crippen molar-refractivity contribution in [2.24, 2.45) is 0 Å². The molecule has 152 valence electrons. The largest absolute Gasteiger partial charge is 0.497 e. The van der Waals surface area contributed by atoms with E-state index in [0.29, 0.717) is 6.54 Å². The standard InChI is InChI=1S/C22H28N6O/c1-17-4-8-19(9-5-17)21(27-14-12-26(2)13-15-27)22-23-24-25-28(22)16-18-6-10-20(29-3)11-7-18/h4-11,21H,12-16H2,1-3H3. The maximum Gasteiger partial charge on any atom is 0.173 e. The fourth-order valence-corrected chi connectivity index (χ4v) is 3.78. The molecular weight excluding hydrogens is 364 g/mol. The van der Waals surface area contributed by atoms with E-state index >= 15 is 0 Å². The Morgan fingerprint density at radius 2 is 1.66 bits per heavy atom. The van der Waals surface area contributed by atoms with Gasteiger partial charge < -0.3 is 9.64 Å². The summed E-state index contributed by atoms with van der Waals surface area (Å²) in [4.78, 5) is 4.85. The van der Waals surface area contributed by atoms with Gasteiger partial charge >= 0.3 is 0 Å². The molecule has 2 aromatic carbocycles. The van der Waals surface area contributed by atoms with Crippen LogP contribution in [-0.2, 0) is 6.54 Å². The fourth-order valence-electron chi connectivity index (χ4n) is 3.78. The number of hydrogen-bond donors (Lipinski definition) is 0. The second-order valence-corrected chi connectivity index (χ2v) is 7.70. The van der Waals surface area contributed by atoms with Crippen LogP contribution in [-0.4, -0.2) is 70.3 Å². The highest BCUT2D eigenvalue weighted by molar-refractivity contribution is 5.30. The lowest BCUT2D eigenvalue weighted by Gasteiger charge is -2.37. The molecule has 0 radical (unpaired) electrons. The summed E-state index contributed by atoms with van der Waals surface area (Å²) < 4.78 is 7.19. The predicted molar refractivity (Wildman–Crippen MR) is 112 cm³/mol. The molecule has 0 saturated carbocycles. The average molecular weight is 393 g/mol. The topological polar surface area (TPSA) is 59.3 Å². The summed E-state index contributed by atoms with van der Waals surface area (Å²) in [7, 11) is 3.85. The van der Waals surface area contributed by atoms with Gasteiger partial charge in [-0.05, 0) is 47.7 Å². The van der Waals surface area contributed by atoms with E-state index in [1.165, 1.54) is 11.1 Å². The van der Waals surface area contributed by atoms with Gasteiger partial charge in [0.2, 0.25) is 0 Å². The number of aryl methyl sites for hydroxylation is 1. The lowest BCUT2D eigenvalue weighted by atomic mass is 10.0. The van der Waals surface area contributed by atoms with Gasteiger partial charge in [0.05, 0.1) is 19.7 Å². The number of benzene rings is 2. The molecule has 4 rings (SSSR count). The summed E-state index contributed by atoms with van der Waals surface area (Å²) in [6.45, 7) is 6.81. The molecule has 1 unspecified atom stereocenters. The Kier molecular flexibility index (Phi) is 5.87. The molecule has 1 aliphatic rings. The molecular formula is C22H28N6O. The zero-order valence-electron chi connectivity index (χ0n) is 17.3. The molecule has 2 heterocycles. The molecule has 0 bridgehead atoms. The SMILES string of the molecule is COc1ccc(Cn2nnnc2C(c2ccc(C)cc2)N2CCN(C)CC2)cc1. The molecule has 0 amide bonds. The molecule has 7 heteroatoms. The van der Waals surface area contributed by atoms with Gasteiger partial charge in [0.25, 0.3) is 0 Å². The first-order valence-corrected chi connectivity index (χ1v) is 10.0. The highest BCUT2D eigenvalue weighted by Crippen LogP contribution is 2.28. The summed E-state index contributed by atoms with van der Waals surface area (Å²) in [5.41, 5.74) is 3.62. The molecule has 1 fully saturated rings. The Morgan fingerprint density at radius 1 is 0.966 bits per heavy atom. The Balaban J connectivity index is 1.65. The van der Waals surface area contributed by atoms with Crippen LogP contribution < -0.4 is 4.74 Å². The quantitative estimate of drug-likeness (QED) is 0.642. The summed E-state index contributed by atoms with van der Waals surface area (Å²) in [5.74, 6) is 1.73. The van der Waals surface area contributed by atoms with Gasteiger partial charge in [-0.25, -0.2) is 4.68 Å². The van der Waals surface area contributed by atoms with Crippen molar-refractivity contribution >= 4 is 0 Å². The van der Waals surface area contributed by atoms with Gasteiger partial charge in [0, 0.05) is 26.2 Å². The Hall–Kier alpha value is -2.77. The first-order valence-electron chi connectivity index (χ1n) is 10.0. The Bertz CT molecular complexity index is 913. The highest BCUT2D eigenvalue weighted by atomic mass is 16.5. The third kappa shape index (κ3) is 4.46. The van der Waals surface area contributed by atoms with Crippen molar-refractivity contribution in [2.75, 3.05) is 40.3 Å². The third-order valence-corrected chi connectivity index (χ3v) is 5.59. The Morgan fingerprint density at radius 3 is 2.31 bits per heavy atom. The number of likely N-dealkylation sites (N-methyl/N-ethyl adjacent to an activating group) is 1. The maximum absolute atomic E-state index is 5.26. The van der Waals surface area contributed by atoms with Gasteiger partial charge in [0.1, 0.15) is 5.75 Å². The van der Waals surface area contributed by atoms with Crippen molar-refractivity contribution < 1.29 is 4.74 Å². The number of hydrogen-bond acceptors (Lipinski definition) is 6. The van der Waals surface area contributed by atoms with Crippen molar-refractivity contribution in [2.45, 2.75) is 19.5 Å². The number of rotatable bonds is 6. The lowest BCUT2D eigenvalue weighted by molar-refractivity contribution is 0.121. The molecule has 0 spiro atoms. The smallest absolute Gasteiger partial charge is 0.173 e. The normalized spacial score (nSPS) is 16.7. The minimum atomic E-state index is 0.0394. The van der Waals surface area contributed by atoms with Crippen molar-refractivity contribution in [3.05, 3.63) is 71.0 Å². The van der Waals surface area contributed by atoms with Gasteiger partial charge in [-0.3, -0.25) is 4.90 Å². The molecule has 29 heavy (non-hydrogen) atoms. The van der Waals surface area contributed by atoms with Crippen LogP contribution in [0.3, 0.4) is 0 Å². The molecule has 1 atom stereocenters. The summed E-state index contributed by atoms with van der Waals surface area (Å²) in [5, 5.41) is 12.8. The van der Waals surface area contributed by atoms with Crippen LogP contribution in [0.5, 0.6) is 5.75 Å². The van der Waals surface area contributed by atoms with Crippen molar-refractivity contribution in [3.63, 3.8) is 0 Å². The zero-order valence-corrected chi connectivity index (χ0v) is 17.3. The summed E-state index contributed by atoms with van der Waals surface area (Å²) >= 11 is 0.